The van der Waals surface area contributed by atoms with Gasteiger partial charge in [0, 0.05) is 13.0 Å². The molecule has 0 bridgehead atoms. The van der Waals surface area contributed by atoms with Crippen LogP contribution in [0.2, 0.25) is 0 Å². The molecule has 2 aromatic rings. The molecule has 4 nitrogen and oxygen atoms in total. The Morgan fingerprint density at radius 1 is 0.955 bits per heavy atom. The van der Waals surface area contributed by atoms with Gasteiger partial charge in [-0.05, 0) is 17.5 Å². The van der Waals surface area contributed by atoms with Gasteiger partial charge in [-0.15, -0.1) is 0 Å². The lowest BCUT2D eigenvalue weighted by Crippen LogP contribution is -2.26. The van der Waals surface area contributed by atoms with E-state index in [1.807, 2.05) is 36.4 Å². The summed E-state index contributed by atoms with van der Waals surface area (Å²) in [4.78, 5) is 11.8. The van der Waals surface area contributed by atoms with E-state index in [1.54, 1.807) is 24.3 Å². The lowest BCUT2D eigenvalue weighted by Gasteiger charge is -2.17. The summed E-state index contributed by atoms with van der Waals surface area (Å²) in [5.74, 6) is -0.136. The van der Waals surface area contributed by atoms with Gasteiger partial charge in [0.1, 0.15) is 6.10 Å². The van der Waals surface area contributed by atoms with Crippen molar-refractivity contribution in [2.24, 2.45) is 0 Å². The number of hydrogen-bond acceptors (Lipinski definition) is 3. The number of carbonyl (C=O) groups excluding carboxylic acids is 1. The molecule has 22 heavy (non-hydrogen) atoms. The van der Waals surface area contributed by atoms with Crippen LogP contribution in [-0.2, 0) is 11.3 Å². The van der Waals surface area contributed by atoms with Gasteiger partial charge in [-0.25, -0.2) is 0 Å². The van der Waals surface area contributed by atoms with E-state index in [4.69, 9.17) is 0 Å². The molecule has 116 valence electrons. The summed E-state index contributed by atoms with van der Waals surface area (Å²) in [6, 6.07) is 18.6. The van der Waals surface area contributed by atoms with Crippen LogP contribution in [0.4, 0.5) is 0 Å². The van der Waals surface area contributed by atoms with Gasteiger partial charge in [-0.3, -0.25) is 4.79 Å². The van der Waals surface area contributed by atoms with Crippen LogP contribution in [0.1, 0.15) is 30.1 Å². The Bertz CT molecular complexity index is 571. The second kappa shape index (κ2) is 8.32. The molecular weight excluding hydrogens is 278 g/mol. The standard InChI is InChI=1S/C18H21NO3/c20-16(18(22)15-9-5-2-6-10-15)11-12-17(21)19-13-14-7-3-1-4-8-14/h1-10,16,18,20,22H,11-13H2,(H,19,21)/t16-,18+/m0/s1. The predicted octanol–water partition coefficient (Wildman–Crippen LogP) is 2.18. The fraction of sp³-hybridized carbons (Fsp3) is 0.278. The lowest BCUT2D eigenvalue weighted by molar-refractivity contribution is -0.122. The molecule has 2 atom stereocenters. The topological polar surface area (TPSA) is 69.6 Å². The highest BCUT2D eigenvalue weighted by Crippen LogP contribution is 2.19. The van der Waals surface area contributed by atoms with E-state index in [0.29, 0.717) is 12.1 Å². The van der Waals surface area contributed by atoms with Crippen molar-refractivity contribution < 1.29 is 15.0 Å². The summed E-state index contributed by atoms with van der Waals surface area (Å²) in [5.41, 5.74) is 1.68. The highest BCUT2D eigenvalue weighted by atomic mass is 16.3. The van der Waals surface area contributed by atoms with Crippen LogP contribution in [-0.4, -0.2) is 22.2 Å². The highest BCUT2D eigenvalue weighted by Gasteiger charge is 2.18. The molecule has 1 amide bonds. The fourth-order valence-corrected chi connectivity index (χ4v) is 2.19. The number of rotatable bonds is 7. The Labute approximate surface area is 130 Å². The number of aliphatic hydroxyl groups excluding tert-OH is 2. The van der Waals surface area contributed by atoms with Crippen molar-refractivity contribution in [1.82, 2.24) is 5.32 Å². The van der Waals surface area contributed by atoms with E-state index in [1.165, 1.54) is 0 Å². The Kier molecular flexibility index (Phi) is 6.13. The zero-order chi connectivity index (χ0) is 15.8. The van der Waals surface area contributed by atoms with Gasteiger partial charge < -0.3 is 15.5 Å². The molecule has 3 N–H and O–H groups in total. The average molecular weight is 299 g/mol. The minimum absolute atomic E-state index is 0.136. The number of aliphatic hydroxyl groups is 2. The maximum Gasteiger partial charge on any atom is 0.220 e. The molecule has 0 spiro atoms. The molecule has 0 unspecified atom stereocenters. The first-order valence-corrected chi connectivity index (χ1v) is 7.38. The Morgan fingerprint density at radius 3 is 2.18 bits per heavy atom. The smallest absolute Gasteiger partial charge is 0.220 e. The number of amides is 1. The van der Waals surface area contributed by atoms with Crippen LogP contribution < -0.4 is 5.32 Å². The second-order valence-corrected chi connectivity index (χ2v) is 5.22. The van der Waals surface area contributed by atoms with E-state index < -0.39 is 12.2 Å². The minimum Gasteiger partial charge on any atom is -0.390 e. The largest absolute Gasteiger partial charge is 0.390 e. The van der Waals surface area contributed by atoms with Crippen molar-refractivity contribution in [1.29, 1.82) is 0 Å². The van der Waals surface area contributed by atoms with Gasteiger partial charge in [0.15, 0.2) is 0 Å². The molecule has 4 heteroatoms. The SMILES string of the molecule is O=C(CC[C@H](O)[C@H](O)c1ccccc1)NCc1ccccc1. The van der Waals surface area contributed by atoms with Gasteiger partial charge in [0.2, 0.25) is 5.91 Å². The van der Waals surface area contributed by atoms with Crippen LogP contribution in [0.3, 0.4) is 0 Å². The Hall–Kier alpha value is -2.17. The minimum atomic E-state index is -0.969. The van der Waals surface area contributed by atoms with Crippen molar-refractivity contribution in [3.63, 3.8) is 0 Å². The Balaban J connectivity index is 1.74. The summed E-state index contributed by atoms with van der Waals surface area (Å²) >= 11 is 0. The summed E-state index contributed by atoms with van der Waals surface area (Å²) in [7, 11) is 0. The Morgan fingerprint density at radius 2 is 1.55 bits per heavy atom. The summed E-state index contributed by atoms with van der Waals surface area (Å²) in [6.07, 6.45) is -1.53. The third-order valence-corrected chi connectivity index (χ3v) is 3.51. The van der Waals surface area contributed by atoms with Crippen LogP contribution >= 0.6 is 0 Å². The second-order valence-electron chi connectivity index (χ2n) is 5.22. The number of nitrogens with one attached hydrogen (secondary N) is 1. The van der Waals surface area contributed by atoms with Crippen LogP contribution in [0.25, 0.3) is 0 Å². The molecule has 2 aromatic carbocycles. The third-order valence-electron chi connectivity index (χ3n) is 3.51. The molecular formula is C18H21NO3. The zero-order valence-corrected chi connectivity index (χ0v) is 12.4. The van der Waals surface area contributed by atoms with Crippen molar-refractivity contribution in [3.05, 3.63) is 71.8 Å². The fourth-order valence-electron chi connectivity index (χ4n) is 2.19. The molecule has 0 saturated heterocycles. The third kappa shape index (κ3) is 4.98. The maximum absolute atomic E-state index is 11.8. The van der Waals surface area contributed by atoms with Crippen LogP contribution in [0.5, 0.6) is 0 Å². The molecule has 0 aliphatic heterocycles. The first-order chi connectivity index (χ1) is 10.7. The van der Waals surface area contributed by atoms with Gasteiger partial charge in [0.25, 0.3) is 0 Å². The molecule has 0 radical (unpaired) electrons. The molecule has 0 aliphatic carbocycles. The van der Waals surface area contributed by atoms with Gasteiger partial charge in [-0.1, -0.05) is 60.7 Å². The van der Waals surface area contributed by atoms with Gasteiger partial charge in [-0.2, -0.15) is 0 Å². The van der Waals surface area contributed by atoms with Crippen molar-refractivity contribution in [2.75, 3.05) is 0 Å². The maximum atomic E-state index is 11.8. The van der Waals surface area contributed by atoms with Gasteiger partial charge >= 0.3 is 0 Å². The highest BCUT2D eigenvalue weighted by molar-refractivity contribution is 5.75. The van der Waals surface area contributed by atoms with E-state index in [2.05, 4.69) is 5.32 Å². The molecule has 2 rings (SSSR count). The summed E-state index contributed by atoms with van der Waals surface area (Å²) in [6.45, 7) is 0.469. The molecule has 0 saturated carbocycles. The summed E-state index contributed by atoms with van der Waals surface area (Å²) in [5, 5.41) is 22.8. The summed E-state index contributed by atoms with van der Waals surface area (Å²) < 4.78 is 0. The van der Waals surface area contributed by atoms with E-state index in [-0.39, 0.29) is 18.7 Å². The van der Waals surface area contributed by atoms with Crippen molar-refractivity contribution >= 4 is 5.91 Å². The molecule has 0 heterocycles. The normalized spacial score (nSPS) is 13.4. The van der Waals surface area contributed by atoms with Crippen LogP contribution in [0, 0.1) is 0 Å². The number of hydrogen-bond donors (Lipinski definition) is 3. The van der Waals surface area contributed by atoms with Crippen molar-refractivity contribution in [2.45, 2.75) is 31.6 Å². The van der Waals surface area contributed by atoms with Crippen LogP contribution in [0.15, 0.2) is 60.7 Å². The number of benzene rings is 2. The predicted molar refractivity (Wildman–Crippen MR) is 84.9 cm³/mol. The average Bonchev–Trinajstić information content (AvgIpc) is 2.58. The molecule has 0 aliphatic rings. The van der Waals surface area contributed by atoms with E-state index in [9.17, 15) is 15.0 Å². The number of carbonyl (C=O) groups is 1. The monoisotopic (exact) mass is 299 g/mol. The first-order valence-electron chi connectivity index (χ1n) is 7.38. The van der Waals surface area contributed by atoms with Gasteiger partial charge in [0.05, 0.1) is 6.10 Å². The zero-order valence-electron chi connectivity index (χ0n) is 12.4. The first kappa shape index (κ1) is 16.2. The lowest BCUT2D eigenvalue weighted by atomic mass is 10.0. The molecule has 0 fully saturated rings. The van der Waals surface area contributed by atoms with E-state index in [0.717, 1.165) is 5.56 Å². The van der Waals surface area contributed by atoms with Crippen molar-refractivity contribution in [3.8, 4) is 0 Å². The molecule has 0 aromatic heterocycles. The van der Waals surface area contributed by atoms with E-state index >= 15 is 0 Å². The quantitative estimate of drug-likeness (QED) is 0.734.